The van der Waals surface area contributed by atoms with Gasteiger partial charge >= 0.3 is 0 Å². The second-order valence-corrected chi connectivity index (χ2v) is 2.40. The molecule has 0 bridgehead atoms. The van der Waals surface area contributed by atoms with E-state index in [1.807, 2.05) is 0 Å². The molecule has 1 saturated heterocycles. The zero-order valence-corrected chi connectivity index (χ0v) is 5.92. The molecule has 1 aliphatic heterocycles. The van der Waals surface area contributed by atoms with E-state index in [-0.39, 0.29) is 12.6 Å². The first-order chi connectivity index (χ1) is 5.27. The molecule has 11 heavy (non-hydrogen) atoms. The molecule has 58 valence electrons. The molecule has 1 rings (SSSR count). The van der Waals surface area contributed by atoms with Crippen molar-refractivity contribution in [3.8, 4) is 0 Å². The van der Waals surface area contributed by atoms with E-state index in [4.69, 9.17) is 23.2 Å². The van der Waals surface area contributed by atoms with Gasteiger partial charge < -0.3 is 9.84 Å². The topological polar surface area (TPSA) is 78.2 Å². The van der Waals surface area contributed by atoms with Crippen LogP contribution in [0.1, 0.15) is 6.42 Å². The van der Waals surface area contributed by atoms with Gasteiger partial charge in [-0.25, -0.2) is 0 Å². The summed E-state index contributed by atoms with van der Waals surface area (Å²) in [4.78, 5) is 2.63. The van der Waals surface area contributed by atoms with E-state index in [9.17, 15) is 0 Å². The van der Waals surface area contributed by atoms with Gasteiger partial charge in [-0.05, 0) is 12.0 Å². The van der Waals surface area contributed by atoms with Gasteiger partial charge in [0.05, 0.1) is 18.8 Å². The summed E-state index contributed by atoms with van der Waals surface area (Å²) in [6, 6.07) is -0.734. The monoisotopic (exact) mass is 153 g/mol. The normalized spacial score (nSPS) is 36.6. The van der Waals surface area contributed by atoms with Gasteiger partial charge in [0, 0.05) is 10.9 Å². The standard InChI is InChI=1S/C5H8BN3O2/c6-5-1-3(8-9-7)4(2-10)11-5/h3-5,10H,1-2H2. The average molecular weight is 153 g/mol. The Bertz CT molecular complexity index is 183. The molecule has 1 N–H and O–H groups in total. The van der Waals surface area contributed by atoms with Gasteiger partial charge in [0.25, 0.3) is 0 Å². The molecule has 1 aliphatic rings. The van der Waals surface area contributed by atoms with E-state index in [1.54, 1.807) is 0 Å². The molecular formula is C5H8BN3O2. The van der Waals surface area contributed by atoms with Crippen LogP contribution in [0.4, 0.5) is 0 Å². The lowest BCUT2D eigenvalue weighted by atomic mass is 9.95. The lowest BCUT2D eigenvalue weighted by Gasteiger charge is -2.09. The van der Waals surface area contributed by atoms with Gasteiger partial charge in [0.2, 0.25) is 0 Å². The number of rotatable bonds is 2. The highest BCUT2D eigenvalue weighted by Crippen LogP contribution is 2.20. The number of nitrogens with zero attached hydrogens (tertiary/aromatic N) is 3. The smallest absolute Gasteiger partial charge is 0.109 e. The third-order valence-corrected chi connectivity index (χ3v) is 1.63. The molecule has 0 aromatic rings. The van der Waals surface area contributed by atoms with Gasteiger partial charge in [-0.15, -0.1) is 0 Å². The molecule has 1 fully saturated rings. The summed E-state index contributed by atoms with van der Waals surface area (Å²) in [6.07, 6.45) is 0.0517. The van der Waals surface area contributed by atoms with E-state index < -0.39 is 12.1 Å². The Kier molecular flexibility index (Phi) is 2.76. The van der Waals surface area contributed by atoms with Crippen molar-refractivity contribution in [2.45, 2.75) is 24.6 Å². The fourth-order valence-electron chi connectivity index (χ4n) is 1.11. The van der Waals surface area contributed by atoms with E-state index in [0.29, 0.717) is 6.42 Å². The molecule has 0 aromatic carbocycles. The summed E-state index contributed by atoms with van der Waals surface area (Å²) in [6.45, 7) is -0.155. The number of azide groups is 1. The van der Waals surface area contributed by atoms with Gasteiger partial charge in [0.1, 0.15) is 7.85 Å². The van der Waals surface area contributed by atoms with Crippen LogP contribution in [0, 0.1) is 0 Å². The minimum absolute atomic E-state index is 0.155. The Morgan fingerprint density at radius 3 is 3.09 bits per heavy atom. The lowest BCUT2D eigenvalue weighted by molar-refractivity contribution is 0.0379. The van der Waals surface area contributed by atoms with Gasteiger partial charge in [-0.1, -0.05) is 5.11 Å². The van der Waals surface area contributed by atoms with E-state index >= 15 is 0 Å². The van der Waals surface area contributed by atoms with E-state index in [2.05, 4.69) is 10.0 Å². The summed E-state index contributed by atoms with van der Waals surface area (Å²) < 4.78 is 5.04. The summed E-state index contributed by atoms with van der Waals surface area (Å²) >= 11 is 0. The van der Waals surface area contributed by atoms with E-state index in [1.165, 1.54) is 0 Å². The highest BCUT2D eigenvalue weighted by molar-refractivity contribution is 6.11. The molecule has 2 radical (unpaired) electrons. The largest absolute Gasteiger partial charge is 0.394 e. The number of aliphatic hydroxyl groups excluding tert-OH is 1. The quantitative estimate of drug-likeness (QED) is 0.261. The highest BCUT2D eigenvalue weighted by Gasteiger charge is 2.30. The third kappa shape index (κ3) is 1.86. The summed E-state index contributed by atoms with van der Waals surface area (Å²) in [5, 5.41) is 12.2. The number of hydrogen-bond acceptors (Lipinski definition) is 3. The average Bonchev–Trinajstić information content (AvgIpc) is 2.32. The predicted octanol–water partition coefficient (Wildman–Crippen LogP) is -0.0589. The molecule has 0 aliphatic carbocycles. The first-order valence-electron chi connectivity index (χ1n) is 3.34. The van der Waals surface area contributed by atoms with Crippen molar-refractivity contribution in [2.24, 2.45) is 5.11 Å². The molecule has 0 aromatic heterocycles. The maximum absolute atomic E-state index is 8.72. The van der Waals surface area contributed by atoms with E-state index in [0.717, 1.165) is 0 Å². The molecular weight excluding hydrogens is 145 g/mol. The van der Waals surface area contributed by atoms with Crippen molar-refractivity contribution in [2.75, 3.05) is 6.61 Å². The van der Waals surface area contributed by atoms with Crippen molar-refractivity contribution >= 4 is 7.85 Å². The second-order valence-electron chi connectivity index (χ2n) is 2.40. The second kappa shape index (κ2) is 3.62. The van der Waals surface area contributed by atoms with Crippen molar-refractivity contribution in [3.63, 3.8) is 0 Å². The molecule has 5 nitrogen and oxygen atoms in total. The molecule has 1 heterocycles. The molecule has 0 spiro atoms. The van der Waals surface area contributed by atoms with Crippen molar-refractivity contribution in [3.05, 3.63) is 10.4 Å². The first kappa shape index (κ1) is 8.39. The molecule has 3 unspecified atom stereocenters. The minimum atomic E-state index is -0.430. The SMILES string of the molecule is [B]C1CC(N=[N+]=[N-])C(CO)O1. The third-order valence-electron chi connectivity index (χ3n) is 1.63. The first-order valence-corrected chi connectivity index (χ1v) is 3.34. The Morgan fingerprint density at radius 2 is 2.55 bits per heavy atom. The Labute approximate surface area is 65.4 Å². The maximum Gasteiger partial charge on any atom is 0.109 e. The Hall–Kier alpha value is -0.705. The van der Waals surface area contributed by atoms with Gasteiger partial charge in [-0.2, -0.15) is 0 Å². The Balaban J connectivity index is 2.56. The van der Waals surface area contributed by atoms with Crippen molar-refractivity contribution < 1.29 is 9.84 Å². The summed E-state index contributed by atoms with van der Waals surface area (Å²) in [7, 11) is 5.40. The van der Waals surface area contributed by atoms with Gasteiger partial charge in [-0.3, -0.25) is 0 Å². The van der Waals surface area contributed by atoms with Crippen LogP contribution in [0.25, 0.3) is 10.4 Å². The molecule has 6 heteroatoms. The van der Waals surface area contributed by atoms with Crippen LogP contribution in [-0.4, -0.2) is 37.7 Å². The summed E-state index contributed by atoms with van der Waals surface area (Å²) in [5.74, 6) is 0. The maximum atomic E-state index is 8.72. The van der Waals surface area contributed by atoms with Crippen LogP contribution in [-0.2, 0) is 4.74 Å². The number of ether oxygens (including phenoxy) is 1. The van der Waals surface area contributed by atoms with Crippen LogP contribution < -0.4 is 0 Å². The predicted molar refractivity (Wildman–Crippen MR) is 39.1 cm³/mol. The zero-order valence-electron chi connectivity index (χ0n) is 5.92. The summed E-state index contributed by atoms with van der Waals surface area (Å²) in [5.41, 5.74) is 8.11. The van der Waals surface area contributed by atoms with Crippen molar-refractivity contribution in [1.29, 1.82) is 0 Å². The van der Waals surface area contributed by atoms with Crippen LogP contribution in [0.2, 0.25) is 0 Å². The molecule has 3 atom stereocenters. The van der Waals surface area contributed by atoms with Crippen LogP contribution in [0.15, 0.2) is 5.11 Å². The minimum Gasteiger partial charge on any atom is -0.394 e. The fourth-order valence-corrected chi connectivity index (χ4v) is 1.11. The zero-order chi connectivity index (χ0) is 8.27. The highest BCUT2D eigenvalue weighted by atomic mass is 16.5. The lowest BCUT2D eigenvalue weighted by Crippen LogP contribution is -2.23. The molecule has 0 amide bonds. The molecule has 0 saturated carbocycles. The Morgan fingerprint density at radius 1 is 1.82 bits per heavy atom. The van der Waals surface area contributed by atoms with Crippen LogP contribution in [0.5, 0.6) is 0 Å². The van der Waals surface area contributed by atoms with Crippen LogP contribution >= 0.6 is 0 Å². The van der Waals surface area contributed by atoms with Gasteiger partial charge in [0.15, 0.2) is 0 Å². The fraction of sp³-hybridized carbons (Fsp3) is 1.00. The number of hydrogen-bond donors (Lipinski definition) is 1. The number of aliphatic hydroxyl groups is 1. The van der Waals surface area contributed by atoms with Crippen molar-refractivity contribution in [1.82, 2.24) is 0 Å². The van der Waals surface area contributed by atoms with Crippen LogP contribution in [0.3, 0.4) is 0 Å².